The molecular weight excluding hydrogens is 240 g/mol. The van der Waals surface area contributed by atoms with Crippen LogP contribution in [0.3, 0.4) is 0 Å². The molecule has 1 rings (SSSR count). The molecule has 3 N–H and O–H groups in total. The number of amides is 1. The van der Waals surface area contributed by atoms with Crippen molar-refractivity contribution in [3.8, 4) is 0 Å². The summed E-state index contributed by atoms with van der Waals surface area (Å²) in [5, 5.41) is 2.14. The third-order valence-corrected chi connectivity index (χ3v) is 2.29. The highest BCUT2D eigenvalue weighted by Crippen LogP contribution is 2.11. The van der Waals surface area contributed by atoms with Crippen LogP contribution >= 0.6 is 12.2 Å². The summed E-state index contributed by atoms with van der Waals surface area (Å²) in [4.78, 5) is 13.4. The number of nitrogens with two attached hydrogens (primary N) is 1. The van der Waals surface area contributed by atoms with Gasteiger partial charge in [0, 0.05) is 26.2 Å². The van der Waals surface area contributed by atoms with E-state index in [1.807, 2.05) is 25.8 Å². The zero-order valence-electron chi connectivity index (χ0n) is 10.5. The lowest BCUT2D eigenvalue weighted by atomic mass is 10.2. The second-order valence-electron chi connectivity index (χ2n) is 4.93. The number of ether oxygens (including phenoxy) is 1. The largest absolute Gasteiger partial charge is 0.444 e. The normalized spacial score (nSPS) is 17.7. The van der Waals surface area contributed by atoms with E-state index in [1.54, 1.807) is 4.90 Å². The van der Waals surface area contributed by atoms with Crippen molar-refractivity contribution in [3.63, 3.8) is 0 Å². The number of nitrogens with zero attached hydrogens (tertiary/aromatic N) is 2. The molecule has 0 aromatic carbocycles. The molecule has 0 bridgehead atoms. The lowest BCUT2D eigenvalue weighted by Gasteiger charge is -2.35. The fourth-order valence-corrected chi connectivity index (χ4v) is 1.61. The zero-order chi connectivity index (χ0) is 13.1. The van der Waals surface area contributed by atoms with Crippen LogP contribution in [0.25, 0.3) is 0 Å². The summed E-state index contributed by atoms with van der Waals surface area (Å²) in [5.74, 6) is 0. The van der Waals surface area contributed by atoms with E-state index in [-0.39, 0.29) is 11.2 Å². The van der Waals surface area contributed by atoms with Gasteiger partial charge in [-0.2, -0.15) is 0 Å². The second-order valence-corrected chi connectivity index (χ2v) is 5.37. The maximum atomic E-state index is 11.8. The van der Waals surface area contributed by atoms with Gasteiger partial charge in [-0.15, -0.1) is 0 Å². The van der Waals surface area contributed by atoms with Crippen LogP contribution in [-0.4, -0.2) is 52.9 Å². The molecule has 0 saturated carbocycles. The van der Waals surface area contributed by atoms with Crippen molar-refractivity contribution < 1.29 is 9.53 Å². The van der Waals surface area contributed by atoms with E-state index < -0.39 is 5.60 Å². The third-order valence-electron chi connectivity index (χ3n) is 2.20. The molecule has 1 saturated heterocycles. The molecule has 6 nitrogen and oxygen atoms in total. The number of rotatable bonds is 1. The van der Waals surface area contributed by atoms with Crippen molar-refractivity contribution in [2.45, 2.75) is 26.4 Å². The van der Waals surface area contributed by atoms with E-state index >= 15 is 0 Å². The summed E-state index contributed by atoms with van der Waals surface area (Å²) in [5.41, 5.74) is 7.77. The van der Waals surface area contributed by atoms with Gasteiger partial charge >= 0.3 is 6.09 Å². The lowest BCUT2D eigenvalue weighted by molar-refractivity contribution is 0.0122. The summed E-state index contributed by atoms with van der Waals surface area (Å²) in [6.07, 6.45) is -0.271. The molecule has 0 atom stereocenters. The molecular formula is C10H20N4O2S. The average Bonchev–Trinajstić information content (AvgIpc) is 2.15. The van der Waals surface area contributed by atoms with Crippen LogP contribution in [0, 0.1) is 0 Å². The topological polar surface area (TPSA) is 70.8 Å². The Hall–Kier alpha value is -1.08. The van der Waals surface area contributed by atoms with Crippen molar-refractivity contribution in [1.29, 1.82) is 0 Å². The highest BCUT2D eigenvalue weighted by molar-refractivity contribution is 7.80. The van der Waals surface area contributed by atoms with Gasteiger partial charge in [0.25, 0.3) is 0 Å². The second kappa shape index (κ2) is 5.50. The van der Waals surface area contributed by atoms with Crippen LogP contribution in [-0.2, 0) is 4.74 Å². The van der Waals surface area contributed by atoms with E-state index in [0.29, 0.717) is 26.2 Å². The maximum Gasteiger partial charge on any atom is 0.410 e. The van der Waals surface area contributed by atoms with Crippen molar-refractivity contribution in [1.82, 2.24) is 15.3 Å². The SMILES string of the molecule is CC(C)(C)OC(=O)N1CCN(NC(N)=S)CC1. The molecule has 0 radical (unpaired) electrons. The number of nitrogens with one attached hydrogen (secondary N) is 1. The van der Waals surface area contributed by atoms with Crippen LogP contribution < -0.4 is 11.2 Å². The molecule has 7 heteroatoms. The molecule has 17 heavy (non-hydrogen) atoms. The number of thiocarbonyl (C=S) groups is 1. The summed E-state index contributed by atoms with van der Waals surface area (Å²) in [6, 6.07) is 0. The molecule has 0 aromatic heterocycles. The number of carbonyl (C=O) groups excluding carboxylic acids is 1. The third kappa shape index (κ3) is 5.18. The summed E-state index contributed by atoms with van der Waals surface area (Å²) in [7, 11) is 0. The van der Waals surface area contributed by atoms with Crippen LogP contribution in [0.2, 0.25) is 0 Å². The molecule has 1 fully saturated rings. The van der Waals surface area contributed by atoms with E-state index in [9.17, 15) is 4.79 Å². The minimum Gasteiger partial charge on any atom is -0.444 e. The Morgan fingerprint density at radius 1 is 1.29 bits per heavy atom. The minimum atomic E-state index is -0.453. The lowest BCUT2D eigenvalue weighted by Crippen LogP contribution is -2.56. The molecule has 1 amide bonds. The van der Waals surface area contributed by atoms with Gasteiger partial charge < -0.3 is 15.4 Å². The zero-order valence-corrected chi connectivity index (χ0v) is 11.3. The number of piperazine rings is 1. The van der Waals surface area contributed by atoms with Gasteiger partial charge in [0.2, 0.25) is 0 Å². The van der Waals surface area contributed by atoms with Crippen molar-refractivity contribution in [2.75, 3.05) is 26.2 Å². The molecule has 0 unspecified atom stereocenters. The Bertz CT molecular complexity index is 295. The molecule has 0 spiro atoms. The summed E-state index contributed by atoms with van der Waals surface area (Å²) >= 11 is 4.75. The van der Waals surface area contributed by atoms with E-state index in [2.05, 4.69) is 5.43 Å². The van der Waals surface area contributed by atoms with E-state index in [4.69, 9.17) is 22.7 Å². The standard InChI is InChI=1S/C10H20N4O2S/c1-10(2,3)16-9(15)13-4-6-14(7-5-13)12-8(11)17/h4-7H2,1-3H3,(H3,11,12,17). The first-order valence-corrected chi connectivity index (χ1v) is 5.98. The Balaban J connectivity index is 2.36. The van der Waals surface area contributed by atoms with Crippen LogP contribution in [0.1, 0.15) is 20.8 Å². The number of hydrazine groups is 1. The van der Waals surface area contributed by atoms with Gasteiger partial charge in [0.05, 0.1) is 0 Å². The van der Waals surface area contributed by atoms with Gasteiger partial charge in [-0.3, -0.25) is 5.43 Å². The maximum absolute atomic E-state index is 11.8. The molecule has 1 aliphatic rings. The Morgan fingerprint density at radius 3 is 2.24 bits per heavy atom. The fraction of sp³-hybridized carbons (Fsp3) is 0.800. The quantitative estimate of drug-likeness (QED) is 0.660. The Kier molecular flexibility index (Phi) is 4.53. The highest BCUT2D eigenvalue weighted by Gasteiger charge is 2.25. The van der Waals surface area contributed by atoms with Gasteiger partial charge in [0.15, 0.2) is 5.11 Å². The van der Waals surface area contributed by atoms with E-state index in [1.165, 1.54) is 0 Å². The van der Waals surface area contributed by atoms with Crippen LogP contribution in [0.5, 0.6) is 0 Å². The van der Waals surface area contributed by atoms with Gasteiger partial charge in [-0.05, 0) is 33.0 Å². The average molecular weight is 260 g/mol. The molecule has 98 valence electrons. The first-order chi connectivity index (χ1) is 7.78. The number of carbonyl (C=O) groups is 1. The molecule has 0 aliphatic carbocycles. The monoisotopic (exact) mass is 260 g/mol. The van der Waals surface area contributed by atoms with Gasteiger partial charge in [-0.25, -0.2) is 9.80 Å². The summed E-state index contributed by atoms with van der Waals surface area (Å²) < 4.78 is 5.29. The molecule has 1 aliphatic heterocycles. The molecule has 0 aromatic rings. The smallest absolute Gasteiger partial charge is 0.410 e. The van der Waals surface area contributed by atoms with Crippen molar-refractivity contribution in [2.24, 2.45) is 5.73 Å². The fourth-order valence-electron chi connectivity index (χ4n) is 1.48. The van der Waals surface area contributed by atoms with Gasteiger partial charge in [-0.1, -0.05) is 0 Å². The van der Waals surface area contributed by atoms with E-state index in [0.717, 1.165) is 0 Å². The predicted molar refractivity (Wildman–Crippen MR) is 69.3 cm³/mol. The summed E-state index contributed by atoms with van der Waals surface area (Å²) in [6.45, 7) is 8.13. The first kappa shape index (κ1) is 14.0. The first-order valence-electron chi connectivity index (χ1n) is 5.57. The highest BCUT2D eigenvalue weighted by atomic mass is 32.1. The van der Waals surface area contributed by atoms with Crippen LogP contribution in [0.4, 0.5) is 4.79 Å². The van der Waals surface area contributed by atoms with Crippen molar-refractivity contribution in [3.05, 3.63) is 0 Å². The minimum absolute atomic E-state index is 0.246. The Morgan fingerprint density at radius 2 is 1.82 bits per heavy atom. The van der Waals surface area contributed by atoms with Crippen LogP contribution in [0.15, 0.2) is 0 Å². The number of hydrogen-bond acceptors (Lipinski definition) is 4. The van der Waals surface area contributed by atoms with Crippen molar-refractivity contribution >= 4 is 23.4 Å². The number of hydrogen-bond donors (Lipinski definition) is 2. The predicted octanol–water partition coefficient (Wildman–Crippen LogP) is 0.287. The Labute approximate surface area is 107 Å². The molecule has 1 heterocycles. The van der Waals surface area contributed by atoms with Gasteiger partial charge in [0.1, 0.15) is 5.60 Å².